The SMILES string of the molecule is COCCNC(=S)Nc1cccc(Cn2nc(C)c(Br)c2C)c1. The molecule has 0 unspecified atom stereocenters. The molecule has 1 aromatic carbocycles. The van der Waals surface area contributed by atoms with E-state index in [0.29, 0.717) is 18.3 Å². The van der Waals surface area contributed by atoms with Crippen molar-refractivity contribution >= 4 is 38.9 Å². The largest absolute Gasteiger partial charge is 0.383 e. The van der Waals surface area contributed by atoms with Crippen molar-refractivity contribution in [3.8, 4) is 0 Å². The number of anilines is 1. The molecule has 124 valence electrons. The first kappa shape index (κ1) is 17.9. The number of hydrogen-bond donors (Lipinski definition) is 2. The number of hydrogen-bond acceptors (Lipinski definition) is 3. The summed E-state index contributed by atoms with van der Waals surface area (Å²) in [6.07, 6.45) is 0. The molecule has 7 heteroatoms. The van der Waals surface area contributed by atoms with Gasteiger partial charge in [-0.15, -0.1) is 0 Å². The molecule has 0 amide bonds. The first-order valence-electron chi connectivity index (χ1n) is 7.33. The van der Waals surface area contributed by atoms with Gasteiger partial charge >= 0.3 is 0 Å². The third kappa shape index (κ3) is 5.02. The number of ether oxygens (including phenoxy) is 1. The Labute approximate surface area is 150 Å². The summed E-state index contributed by atoms with van der Waals surface area (Å²) in [6, 6.07) is 8.16. The van der Waals surface area contributed by atoms with Crippen LogP contribution in [0.25, 0.3) is 0 Å². The number of nitrogens with zero attached hydrogens (tertiary/aromatic N) is 2. The van der Waals surface area contributed by atoms with Gasteiger partial charge in [0.1, 0.15) is 0 Å². The Morgan fingerprint density at radius 3 is 2.83 bits per heavy atom. The summed E-state index contributed by atoms with van der Waals surface area (Å²) in [5.74, 6) is 0. The van der Waals surface area contributed by atoms with E-state index >= 15 is 0 Å². The van der Waals surface area contributed by atoms with Crippen molar-refractivity contribution in [2.45, 2.75) is 20.4 Å². The predicted octanol–water partition coefficient (Wildman–Crippen LogP) is 3.24. The lowest BCUT2D eigenvalue weighted by atomic mass is 10.2. The maximum absolute atomic E-state index is 5.26. The molecule has 0 atom stereocenters. The fourth-order valence-electron chi connectivity index (χ4n) is 2.19. The van der Waals surface area contributed by atoms with Crippen molar-refractivity contribution in [1.29, 1.82) is 0 Å². The van der Waals surface area contributed by atoms with E-state index in [1.807, 2.05) is 23.7 Å². The zero-order valence-electron chi connectivity index (χ0n) is 13.5. The third-order valence-electron chi connectivity index (χ3n) is 3.40. The van der Waals surface area contributed by atoms with Crippen LogP contribution >= 0.6 is 28.1 Å². The van der Waals surface area contributed by atoms with E-state index in [9.17, 15) is 0 Å². The van der Waals surface area contributed by atoms with Gasteiger partial charge in [0.05, 0.1) is 29.0 Å². The molecule has 23 heavy (non-hydrogen) atoms. The Kier molecular flexibility index (Phi) is 6.56. The smallest absolute Gasteiger partial charge is 0.170 e. The summed E-state index contributed by atoms with van der Waals surface area (Å²) in [5.41, 5.74) is 4.24. The highest BCUT2D eigenvalue weighted by atomic mass is 79.9. The normalized spacial score (nSPS) is 10.6. The lowest BCUT2D eigenvalue weighted by Gasteiger charge is -2.11. The first-order valence-corrected chi connectivity index (χ1v) is 8.53. The summed E-state index contributed by atoms with van der Waals surface area (Å²) < 4.78 is 8.05. The van der Waals surface area contributed by atoms with E-state index in [4.69, 9.17) is 17.0 Å². The Morgan fingerprint density at radius 1 is 1.39 bits per heavy atom. The molecule has 0 aliphatic rings. The van der Waals surface area contributed by atoms with Gasteiger partial charge in [0.25, 0.3) is 0 Å². The molecule has 0 fully saturated rings. The standard InChI is InChI=1S/C16H21BrN4OS/c1-11-15(17)12(2)21(20-11)10-13-5-4-6-14(9-13)19-16(23)18-7-8-22-3/h4-6,9H,7-8,10H2,1-3H3,(H2,18,19,23). The van der Waals surface area contributed by atoms with Crippen molar-refractivity contribution in [3.05, 3.63) is 45.7 Å². The molecule has 0 bridgehead atoms. The van der Waals surface area contributed by atoms with Crippen LogP contribution in [-0.2, 0) is 11.3 Å². The minimum atomic E-state index is 0.591. The second-order valence-electron chi connectivity index (χ2n) is 5.22. The lowest BCUT2D eigenvalue weighted by molar-refractivity contribution is 0.204. The average Bonchev–Trinajstić information content (AvgIpc) is 2.75. The van der Waals surface area contributed by atoms with E-state index in [-0.39, 0.29) is 0 Å². The van der Waals surface area contributed by atoms with Crippen LogP contribution in [0.4, 0.5) is 5.69 Å². The van der Waals surface area contributed by atoms with Crippen LogP contribution in [-0.4, -0.2) is 35.2 Å². The van der Waals surface area contributed by atoms with E-state index < -0.39 is 0 Å². The van der Waals surface area contributed by atoms with Gasteiger partial charge in [-0.3, -0.25) is 4.68 Å². The summed E-state index contributed by atoms with van der Waals surface area (Å²) in [4.78, 5) is 0. The number of halogens is 1. The Hall–Kier alpha value is -1.44. The number of nitrogens with one attached hydrogen (secondary N) is 2. The van der Waals surface area contributed by atoms with Gasteiger partial charge in [0.2, 0.25) is 0 Å². The fraction of sp³-hybridized carbons (Fsp3) is 0.375. The molecule has 0 radical (unpaired) electrons. The van der Waals surface area contributed by atoms with Gasteiger partial charge < -0.3 is 15.4 Å². The summed E-state index contributed by atoms with van der Waals surface area (Å²) in [5, 5.41) is 11.4. The molecule has 5 nitrogen and oxygen atoms in total. The highest BCUT2D eigenvalue weighted by molar-refractivity contribution is 9.10. The third-order valence-corrected chi connectivity index (χ3v) is 4.80. The molecule has 0 aliphatic heterocycles. The molecule has 2 aromatic rings. The van der Waals surface area contributed by atoms with Crippen LogP contribution in [0.3, 0.4) is 0 Å². The Balaban J connectivity index is 2.02. The van der Waals surface area contributed by atoms with Crippen molar-refractivity contribution in [2.24, 2.45) is 0 Å². The molecule has 0 aliphatic carbocycles. The van der Waals surface area contributed by atoms with Crippen LogP contribution in [0.5, 0.6) is 0 Å². The molecule has 0 spiro atoms. The lowest BCUT2D eigenvalue weighted by Crippen LogP contribution is -2.31. The van der Waals surface area contributed by atoms with Crippen LogP contribution in [0, 0.1) is 13.8 Å². The zero-order valence-corrected chi connectivity index (χ0v) is 15.9. The molecular weight excluding hydrogens is 376 g/mol. The van der Waals surface area contributed by atoms with Crippen molar-refractivity contribution in [2.75, 3.05) is 25.6 Å². The van der Waals surface area contributed by atoms with Gasteiger partial charge in [-0.05, 0) is 59.7 Å². The first-order chi connectivity index (χ1) is 11.0. The second kappa shape index (κ2) is 8.42. The Bertz CT molecular complexity index is 687. The van der Waals surface area contributed by atoms with Crippen LogP contribution in [0.15, 0.2) is 28.7 Å². The molecule has 0 saturated heterocycles. The summed E-state index contributed by atoms with van der Waals surface area (Å²) in [6.45, 7) is 6.07. The van der Waals surface area contributed by atoms with E-state index in [2.05, 4.69) is 50.7 Å². The van der Waals surface area contributed by atoms with Gasteiger partial charge in [-0.25, -0.2) is 0 Å². The number of methoxy groups -OCH3 is 1. The predicted molar refractivity (Wildman–Crippen MR) is 101 cm³/mol. The van der Waals surface area contributed by atoms with Crippen molar-refractivity contribution < 1.29 is 4.74 Å². The minimum Gasteiger partial charge on any atom is -0.383 e. The van der Waals surface area contributed by atoms with E-state index in [1.54, 1.807) is 7.11 Å². The van der Waals surface area contributed by atoms with Crippen LogP contribution in [0.2, 0.25) is 0 Å². The van der Waals surface area contributed by atoms with E-state index in [0.717, 1.165) is 33.7 Å². The fourth-order valence-corrected chi connectivity index (χ4v) is 2.70. The van der Waals surface area contributed by atoms with E-state index in [1.165, 1.54) is 0 Å². The maximum Gasteiger partial charge on any atom is 0.170 e. The molecule has 1 aromatic heterocycles. The van der Waals surface area contributed by atoms with Crippen molar-refractivity contribution in [3.63, 3.8) is 0 Å². The van der Waals surface area contributed by atoms with Crippen molar-refractivity contribution in [1.82, 2.24) is 15.1 Å². The summed E-state index contributed by atoms with van der Waals surface area (Å²) in [7, 11) is 1.67. The number of thiocarbonyl (C=S) groups is 1. The number of benzene rings is 1. The molecule has 0 saturated carbocycles. The summed E-state index contributed by atoms with van der Waals surface area (Å²) >= 11 is 8.82. The minimum absolute atomic E-state index is 0.591. The number of rotatable bonds is 6. The average molecular weight is 397 g/mol. The monoisotopic (exact) mass is 396 g/mol. The van der Waals surface area contributed by atoms with Gasteiger partial charge in [-0.2, -0.15) is 5.10 Å². The van der Waals surface area contributed by atoms with Crippen LogP contribution < -0.4 is 10.6 Å². The molecule has 1 heterocycles. The van der Waals surface area contributed by atoms with Gasteiger partial charge in [-0.1, -0.05) is 12.1 Å². The number of aromatic nitrogens is 2. The number of aryl methyl sites for hydroxylation is 1. The van der Waals surface area contributed by atoms with Gasteiger partial charge in [0.15, 0.2) is 5.11 Å². The second-order valence-corrected chi connectivity index (χ2v) is 6.42. The highest BCUT2D eigenvalue weighted by Gasteiger charge is 2.09. The quantitative estimate of drug-likeness (QED) is 0.579. The molecule has 2 rings (SSSR count). The Morgan fingerprint density at radius 2 is 2.17 bits per heavy atom. The van der Waals surface area contributed by atoms with Crippen LogP contribution in [0.1, 0.15) is 17.0 Å². The highest BCUT2D eigenvalue weighted by Crippen LogP contribution is 2.21. The maximum atomic E-state index is 5.26. The topological polar surface area (TPSA) is 51.1 Å². The molecule has 2 N–H and O–H groups in total. The van der Waals surface area contributed by atoms with Gasteiger partial charge in [0, 0.05) is 19.3 Å². The molecular formula is C16H21BrN4OS. The zero-order chi connectivity index (χ0) is 16.8.